The highest BCUT2D eigenvalue weighted by Gasteiger charge is 2.26. The number of ether oxygens (including phenoxy) is 1. The molecule has 2 rings (SSSR count). The Hall–Kier alpha value is -2.64. The Morgan fingerprint density at radius 2 is 2.00 bits per heavy atom. The smallest absolute Gasteiger partial charge is 0.346 e. The van der Waals surface area contributed by atoms with Crippen LogP contribution in [0.25, 0.3) is 0 Å². The lowest BCUT2D eigenvalue weighted by molar-refractivity contribution is -0.385. The van der Waals surface area contributed by atoms with Crippen molar-refractivity contribution in [2.45, 2.75) is 12.8 Å². The Kier molecular flexibility index (Phi) is 4.36. The minimum Gasteiger partial charge on any atom is -0.483 e. The summed E-state index contributed by atoms with van der Waals surface area (Å²) >= 11 is 0. The SMILES string of the molecule is O=C(O)c1c(OCC(=O)N2CCCC2)cccc1[N+](=O)[O-]. The summed E-state index contributed by atoms with van der Waals surface area (Å²) in [4.78, 5) is 34.7. The van der Waals surface area contributed by atoms with Crippen molar-refractivity contribution in [2.24, 2.45) is 0 Å². The second-order valence-electron chi connectivity index (χ2n) is 4.59. The fourth-order valence-corrected chi connectivity index (χ4v) is 2.20. The molecule has 0 bridgehead atoms. The molecule has 1 heterocycles. The number of carboxylic acids is 1. The van der Waals surface area contributed by atoms with Gasteiger partial charge in [0.2, 0.25) is 0 Å². The van der Waals surface area contributed by atoms with Gasteiger partial charge in [0.05, 0.1) is 4.92 Å². The van der Waals surface area contributed by atoms with Gasteiger partial charge in [0.15, 0.2) is 12.2 Å². The number of nitro groups is 1. The van der Waals surface area contributed by atoms with E-state index in [4.69, 9.17) is 9.84 Å². The molecule has 0 aliphatic carbocycles. The highest BCUT2D eigenvalue weighted by atomic mass is 16.6. The standard InChI is InChI=1S/C13H14N2O6/c16-11(14-6-1-2-7-14)8-21-10-5-3-4-9(15(19)20)12(10)13(17)18/h3-5H,1-2,6-8H2,(H,17,18). The molecule has 8 nitrogen and oxygen atoms in total. The zero-order valence-electron chi connectivity index (χ0n) is 11.2. The van der Waals surface area contributed by atoms with Crippen LogP contribution in [0.1, 0.15) is 23.2 Å². The van der Waals surface area contributed by atoms with Crippen LogP contribution in [0.4, 0.5) is 5.69 Å². The summed E-state index contributed by atoms with van der Waals surface area (Å²) in [5.74, 6) is -1.90. The molecule has 0 radical (unpaired) electrons. The number of aromatic carboxylic acids is 1. The van der Waals surface area contributed by atoms with Crippen molar-refractivity contribution in [3.8, 4) is 5.75 Å². The number of hydrogen-bond donors (Lipinski definition) is 1. The first-order valence-corrected chi connectivity index (χ1v) is 6.42. The van der Waals surface area contributed by atoms with Gasteiger partial charge >= 0.3 is 5.97 Å². The highest BCUT2D eigenvalue weighted by Crippen LogP contribution is 2.28. The molecule has 1 N–H and O–H groups in total. The Labute approximate surface area is 120 Å². The molecule has 8 heteroatoms. The molecule has 0 unspecified atom stereocenters. The van der Waals surface area contributed by atoms with Crippen LogP contribution in [-0.4, -0.2) is 46.5 Å². The number of benzene rings is 1. The van der Waals surface area contributed by atoms with E-state index in [-0.39, 0.29) is 18.3 Å². The van der Waals surface area contributed by atoms with Crippen LogP contribution in [0.3, 0.4) is 0 Å². The van der Waals surface area contributed by atoms with Crippen molar-refractivity contribution in [3.63, 3.8) is 0 Å². The number of carbonyl (C=O) groups is 2. The lowest BCUT2D eigenvalue weighted by atomic mass is 10.1. The number of nitro benzene ring substituents is 1. The van der Waals surface area contributed by atoms with E-state index in [9.17, 15) is 19.7 Å². The molecular weight excluding hydrogens is 280 g/mol. The van der Waals surface area contributed by atoms with Gasteiger partial charge < -0.3 is 14.7 Å². The second kappa shape index (κ2) is 6.21. The molecule has 1 aromatic rings. The fourth-order valence-electron chi connectivity index (χ4n) is 2.20. The number of likely N-dealkylation sites (tertiary alicyclic amines) is 1. The van der Waals surface area contributed by atoms with Gasteiger partial charge in [0.25, 0.3) is 11.6 Å². The quantitative estimate of drug-likeness (QED) is 0.647. The molecule has 0 spiro atoms. The van der Waals surface area contributed by atoms with Crippen molar-refractivity contribution in [2.75, 3.05) is 19.7 Å². The second-order valence-corrected chi connectivity index (χ2v) is 4.59. The molecule has 0 atom stereocenters. The molecule has 1 aromatic carbocycles. The molecule has 112 valence electrons. The third kappa shape index (κ3) is 3.28. The summed E-state index contributed by atoms with van der Waals surface area (Å²) in [5, 5.41) is 19.9. The van der Waals surface area contributed by atoms with E-state index in [1.807, 2.05) is 0 Å². The number of carbonyl (C=O) groups excluding carboxylic acids is 1. The summed E-state index contributed by atoms with van der Waals surface area (Å²) in [5.41, 5.74) is -1.11. The Morgan fingerprint density at radius 1 is 1.33 bits per heavy atom. The summed E-state index contributed by atoms with van der Waals surface area (Å²) in [6.07, 6.45) is 1.87. The van der Waals surface area contributed by atoms with Crippen molar-refractivity contribution < 1.29 is 24.4 Å². The number of nitrogens with zero attached hydrogens (tertiary/aromatic N) is 2. The summed E-state index contributed by atoms with van der Waals surface area (Å²) in [7, 11) is 0. The van der Waals surface area contributed by atoms with E-state index in [1.54, 1.807) is 4.90 Å². The van der Waals surface area contributed by atoms with Crippen LogP contribution in [0.15, 0.2) is 18.2 Å². The molecule has 1 aliphatic rings. The van der Waals surface area contributed by atoms with Crippen LogP contribution in [0.2, 0.25) is 0 Å². The normalized spacial score (nSPS) is 14.0. The maximum atomic E-state index is 11.8. The zero-order valence-corrected chi connectivity index (χ0v) is 11.2. The summed E-state index contributed by atoms with van der Waals surface area (Å²) in [6.45, 7) is 0.979. The Bertz CT molecular complexity index is 580. The highest BCUT2D eigenvalue weighted by molar-refractivity contribution is 5.95. The molecule has 1 fully saturated rings. The third-order valence-electron chi connectivity index (χ3n) is 3.22. The van der Waals surface area contributed by atoms with Crippen molar-refractivity contribution >= 4 is 17.6 Å². The van der Waals surface area contributed by atoms with Gasteiger partial charge in [0, 0.05) is 19.2 Å². The van der Waals surface area contributed by atoms with Crippen LogP contribution >= 0.6 is 0 Å². The number of amides is 1. The van der Waals surface area contributed by atoms with Crippen molar-refractivity contribution in [3.05, 3.63) is 33.9 Å². The average molecular weight is 294 g/mol. The van der Waals surface area contributed by atoms with Gasteiger partial charge in [0.1, 0.15) is 5.75 Å². The first-order chi connectivity index (χ1) is 10.0. The largest absolute Gasteiger partial charge is 0.483 e. The number of hydrogen-bond acceptors (Lipinski definition) is 5. The van der Waals surface area contributed by atoms with Gasteiger partial charge in [-0.05, 0) is 18.9 Å². The van der Waals surface area contributed by atoms with E-state index < -0.39 is 22.1 Å². The lowest BCUT2D eigenvalue weighted by Gasteiger charge is -2.16. The molecule has 0 aromatic heterocycles. The Balaban J connectivity index is 2.15. The minimum atomic E-state index is -1.47. The van der Waals surface area contributed by atoms with E-state index in [0.717, 1.165) is 18.9 Å². The summed E-state index contributed by atoms with van der Waals surface area (Å²) < 4.78 is 5.19. The van der Waals surface area contributed by atoms with Gasteiger partial charge in [-0.15, -0.1) is 0 Å². The third-order valence-corrected chi connectivity index (χ3v) is 3.22. The van der Waals surface area contributed by atoms with Crippen LogP contribution in [0, 0.1) is 10.1 Å². The van der Waals surface area contributed by atoms with E-state index in [0.29, 0.717) is 13.1 Å². The molecule has 1 saturated heterocycles. The van der Waals surface area contributed by atoms with E-state index >= 15 is 0 Å². The average Bonchev–Trinajstić information content (AvgIpc) is 2.98. The first-order valence-electron chi connectivity index (χ1n) is 6.42. The van der Waals surface area contributed by atoms with E-state index in [2.05, 4.69) is 0 Å². The molecule has 1 aliphatic heterocycles. The van der Waals surface area contributed by atoms with Crippen LogP contribution < -0.4 is 4.74 Å². The molecule has 0 saturated carbocycles. The van der Waals surface area contributed by atoms with Gasteiger partial charge in [-0.2, -0.15) is 0 Å². The monoisotopic (exact) mass is 294 g/mol. The van der Waals surface area contributed by atoms with Crippen molar-refractivity contribution in [1.82, 2.24) is 4.90 Å². The minimum absolute atomic E-state index is 0.177. The van der Waals surface area contributed by atoms with Crippen LogP contribution in [0.5, 0.6) is 5.75 Å². The van der Waals surface area contributed by atoms with Crippen molar-refractivity contribution in [1.29, 1.82) is 0 Å². The van der Waals surface area contributed by atoms with Crippen LogP contribution in [-0.2, 0) is 4.79 Å². The molecule has 1 amide bonds. The summed E-state index contributed by atoms with van der Waals surface area (Å²) in [6, 6.07) is 3.70. The molecular formula is C13H14N2O6. The van der Waals surface area contributed by atoms with Gasteiger partial charge in [-0.3, -0.25) is 14.9 Å². The maximum absolute atomic E-state index is 11.8. The number of carboxylic acid groups (broad SMARTS) is 1. The lowest BCUT2D eigenvalue weighted by Crippen LogP contribution is -2.32. The molecule has 21 heavy (non-hydrogen) atoms. The maximum Gasteiger partial charge on any atom is 0.346 e. The predicted molar refractivity (Wildman–Crippen MR) is 71.4 cm³/mol. The fraction of sp³-hybridized carbons (Fsp3) is 0.385. The topological polar surface area (TPSA) is 110 Å². The first kappa shape index (κ1) is 14.8. The van der Waals surface area contributed by atoms with E-state index in [1.165, 1.54) is 12.1 Å². The van der Waals surface area contributed by atoms with Gasteiger partial charge in [-0.1, -0.05) is 6.07 Å². The Morgan fingerprint density at radius 3 is 2.57 bits per heavy atom. The zero-order chi connectivity index (χ0) is 15.4. The van der Waals surface area contributed by atoms with Gasteiger partial charge in [-0.25, -0.2) is 4.79 Å². The number of rotatable bonds is 5. The predicted octanol–water partition coefficient (Wildman–Crippen LogP) is 1.29.